The van der Waals surface area contributed by atoms with Crippen LogP contribution in [0.5, 0.6) is 5.75 Å². The number of guanidine groups is 1. The van der Waals surface area contributed by atoms with Crippen LogP contribution in [0.1, 0.15) is 29.3 Å². The molecule has 8 nitrogen and oxygen atoms in total. The van der Waals surface area contributed by atoms with Crippen LogP contribution in [0.25, 0.3) is 5.69 Å². The molecule has 1 heterocycles. The molecule has 3 N–H and O–H groups in total. The fourth-order valence-corrected chi connectivity index (χ4v) is 3.20. The van der Waals surface area contributed by atoms with E-state index in [2.05, 4.69) is 25.6 Å². The molecule has 0 unspecified atom stereocenters. The second-order valence-electron chi connectivity index (χ2n) is 7.38. The van der Waals surface area contributed by atoms with Crippen molar-refractivity contribution in [2.75, 3.05) is 26.7 Å². The second kappa shape index (κ2) is 13.5. The first-order valence-electron chi connectivity index (χ1n) is 10.7. The third-order valence-electron chi connectivity index (χ3n) is 4.76. The Labute approximate surface area is 211 Å². The minimum Gasteiger partial charge on any atom is -0.508 e. The summed E-state index contributed by atoms with van der Waals surface area (Å²) in [6.45, 7) is 4.56. The van der Waals surface area contributed by atoms with Gasteiger partial charge in [-0.05, 0) is 43.7 Å². The number of aromatic nitrogens is 2. The van der Waals surface area contributed by atoms with E-state index >= 15 is 0 Å². The predicted octanol–water partition coefficient (Wildman–Crippen LogP) is 3.41. The molecule has 0 spiro atoms. The van der Waals surface area contributed by atoms with E-state index in [-0.39, 0.29) is 35.6 Å². The van der Waals surface area contributed by atoms with E-state index in [1.807, 2.05) is 61.4 Å². The fourth-order valence-electron chi connectivity index (χ4n) is 3.20. The first-order chi connectivity index (χ1) is 15.6. The van der Waals surface area contributed by atoms with Gasteiger partial charge in [0.1, 0.15) is 5.75 Å². The molecule has 0 atom stereocenters. The number of carbonyl (C=O) groups excluding carboxylic acids is 1. The first kappa shape index (κ1) is 26.2. The highest BCUT2D eigenvalue weighted by atomic mass is 127. The number of hydrogen-bond acceptors (Lipinski definition) is 4. The number of benzene rings is 2. The SMILES string of the molecule is CCNC(=NCCCNC(=O)c1cccc(O)c1)N(C)Cc1cnn(-c2ccccc2)c1.I. The average molecular weight is 562 g/mol. The van der Waals surface area contributed by atoms with Crippen LogP contribution in [0.3, 0.4) is 0 Å². The molecule has 33 heavy (non-hydrogen) atoms. The smallest absolute Gasteiger partial charge is 0.251 e. The fraction of sp³-hybridized carbons (Fsp3) is 0.292. The normalized spacial score (nSPS) is 10.9. The Morgan fingerprint density at radius 3 is 2.67 bits per heavy atom. The van der Waals surface area contributed by atoms with Gasteiger partial charge in [0, 0.05) is 50.6 Å². The lowest BCUT2D eigenvalue weighted by molar-refractivity contribution is 0.0953. The lowest BCUT2D eigenvalue weighted by Gasteiger charge is -2.21. The van der Waals surface area contributed by atoms with Crippen LogP contribution in [0.2, 0.25) is 0 Å². The summed E-state index contributed by atoms with van der Waals surface area (Å²) in [4.78, 5) is 18.9. The average Bonchev–Trinajstić information content (AvgIpc) is 3.27. The molecule has 0 aliphatic carbocycles. The van der Waals surface area contributed by atoms with E-state index in [1.165, 1.54) is 12.1 Å². The molecule has 0 aliphatic rings. The number of aromatic hydroxyl groups is 1. The molecule has 0 bridgehead atoms. The highest BCUT2D eigenvalue weighted by molar-refractivity contribution is 14.0. The highest BCUT2D eigenvalue weighted by Gasteiger charge is 2.09. The molecule has 0 saturated heterocycles. The summed E-state index contributed by atoms with van der Waals surface area (Å²) in [5.74, 6) is 0.679. The number of phenolic OH excluding ortho intramolecular Hbond substituents is 1. The number of hydrogen-bond donors (Lipinski definition) is 3. The Bertz CT molecular complexity index is 1040. The Kier molecular flexibility index (Phi) is 10.7. The Balaban J connectivity index is 0.00000385. The van der Waals surface area contributed by atoms with E-state index < -0.39 is 0 Å². The number of nitrogens with one attached hydrogen (secondary N) is 2. The van der Waals surface area contributed by atoms with Gasteiger partial charge in [0.05, 0.1) is 11.9 Å². The van der Waals surface area contributed by atoms with Gasteiger partial charge < -0.3 is 20.6 Å². The number of aliphatic imine (C=N–C) groups is 1. The number of amides is 1. The van der Waals surface area contributed by atoms with E-state index in [0.717, 1.165) is 23.8 Å². The zero-order valence-corrected chi connectivity index (χ0v) is 21.3. The number of phenols is 1. The van der Waals surface area contributed by atoms with Crippen molar-refractivity contribution in [3.63, 3.8) is 0 Å². The van der Waals surface area contributed by atoms with Crippen LogP contribution in [-0.4, -0.2) is 58.3 Å². The molecular formula is C24H31IN6O2. The van der Waals surface area contributed by atoms with Crippen molar-refractivity contribution < 1.29 is 9.90 Å². The second-order valence-corrected chi connectivity index (χ2v) is 7.38. The zero-order chi connectivity index (χ0) is 22.8. The summed E-state index contributed by atoms with van der Waals surface area (Å²) < 4.78 is 1.86. The summed E-state index contributed by atoms with van der Waals surface area (Å²) in [7, 11) is 1.99. The summed E-state index contributed by atoms with van der Waals surface area (Å²) in [6.07, 6.45) is 4.59. The van der Waals surface area contributed by atoms with Crippen molar-refractivity contribution in [3.05, 3.63) is 78.1 Å². The molecular weight excluding hydrogens is 531 g/mol. The van der Waals surface area contributed by atoms with Crippen molar-refractivity contribution in [1.82, 2.24) is 25.3 Å². The molecule has 3 rings (SSSR count). The number of halogens is 1. The Morgan fingerprint density at radius 1 is 1.15 bits per heavy atom. The monoisotopic (exact) mass is 562 g/mol. The van der Waals surface area contributed by atoms with E-state index in [4.69, 9.17) is 0 Å². The summed E-state index contributed by atoms with van der Waals surface area (Å²) in [5, 5.41) is 20.1. The van der Waals surface area contributed by atoms with Gasteiger partial charge >= 0.3 is 0 Å². The van der Waals surface area contributed by atoms with E-state index in [9.17, 15) is 9.90 Å². The topological polar surface area (TPSA) is 94.8 Å². The summed E-state index contributed by atoms with van der Waals surface area (Å²) in [5.41, 5.74) is 2.55. The molecule has 0 fully saturated rings. The number of para-hydroxylation sites is 1. The first-order valence-corrected chi connectivity index (χ1v) is 10.7. The number of nitrogens with zero attached hydrogens (tertiary/aromatic N) is 4. The van der Waals surface area contributed by atoms with Crippen molar-refractivity contribution in [2.45, 2.75) is 19.9 Å². The summed E-state index contributed by atoms with van der Waals surface area (Å²) in [6, 6.07) is 16.3. The standard InChI is InChI=1S/C24H30N6O2.HI/c1-3-25-24(27-14-8-13-26-23(32)20-9-7-12-22(31)15-20)29(2)17-19-16-28-30(18-19)21-10-5-4-6-11-21;/h4-7,9-12,15-16,18,31H,3,8,13-14,17H2,1-2H3,(H,25,27)(H,26,32);1H. The van der Waals surface area contributed by atoms with Gasteiger partial charge in [0.2, 0.25) is 0 Å². The lowest BCUT2D eigenvalue weighted by atomic mass is 10.2. The summed E-state index contributed by atoms with van der Waals surface area (Å²) >= 11 is 0. The number of rotatable bonds is 9. The van der Waals surface area contributed by atoms with Gasteiger partial charge in [0.15, 0.2) is 5.96 Å². The van der Waals surface area contributed by atoms with Gasteiger partial charge in [-0.2, -0.15) is 5.10 Å². The maximum Gasteiger partial charge on any atom is 0.251 e. The molecule has 0 radical (unpaired) electrons. The van der Waals surface area contributed by atoms with Crippen LogP contribution in [0.4, 0.5) is 0 Å². The predicted molar refractivity (Wildman–Crippen MR) is 141 cm³/mol. The molecule has 9 heteroatoms. The molecule has 0 aliphatic heterocycles. The number of carbonyl (C=O) groups is 1. The van der Waals surface area contributed by atoms with Crippen molar-refractivity contribution in [1.29, 1.82) is 0 Å². The minimum atomic E-state index is -0.204. The molecule has 176 valence electrons. The van der Waals surface area contributed by atoms with Crippen LogP contribution >= 0.6 is 24.0 Å². The van der Waals surface area contributed by atoms with Crippen molar-refractivity contribution in [2.24, 2.45) is 4.99 Å². The molecule has 1 amide bonds. The maximum absolute atomic E-state index is 12.1. The third-order valence-corrected chi connectivity index (χ3v) is 4.76. The largest absolute Gasteiger partial charge is 0.508 e. The third kappa shape index (κ3) is 8.08. The molecule has 1 aromatic heterocycles. The molecule has 0 saturated carbocycles. The van der Waals surface area contributed by atoms with Crippen LogP contribution < -0.4 is 10.6 Å². The van der Waals surface area contributed by atoms with Gasteiger partial charge in [0.25, 0.3) is 5.91 Å². The highest BCUT2D eigenvalue weighted by Crippen LogP contribution is 2.11. The van der Waals surface area contributed by atoms with E-state index in [1.54, 1.807) is 12.1 Å². The van der Waals surface area contributed by atoms with Crippen molar-refractivity contribution >= 4 is 35.8 Å². The quantitative estimate of drug-likeness (QED) is 0.161. The minimum absolute atomic E-state index is 0. The maximum atomic E-state index is 12.1. The van der Waals surface area contributed by atoms with Gasteiger partial charge in [-0.1, -0.05) is 24.3 Å². The van der Waals surface area contributed by atoms with Gasteiger partial charge in [-0.25, -0.2) is 4.68 Å². The molecule has 2 aromatic carbocycles. The van der Waals surface area contributed by atoms with Crippen molar-refractivity contribution in [3.8, 4) is 11.4 Å². The Hall–Kier alpha value is -3.08. The van der Waals surface area contributed by atoms with E-state index in [0.29, 0.717) is 31.6 Å². The van der Waals surface area contributed by atoms with Gasteiger partial charge in [-0.3, -0.25) is 9.79 Å². The van der Waals surface area contributed by atoms with Crippen LogP contribution in [0.15, 0.2) is 72.0 Å². The molecule has 3 aromatic rings. The zero-order valence-electron chi connectivity index (χ0n) is 18.9. The van der Waals surface area contributed by atoms with Crippen LogP contribution in [0, 0.1) is 0 Å². The van der Waals surface area contributed by atoms with Gasteiger partial charge in [-0.15, -0.1) is 24.0 Å². The van der Waals surface area contributed by atoms with Crippen LogP contribution in [-0.2, 0) is 6.54 Å². The Morgan fingerprint density at radius 2 is 1.94 bits per heavy atom. The lowest BCUT2D eigenvalue weighted by Crippen LogP contribution is -2.38.